The molecule has 0 aromatic heterocycles. The number of amides is 2. The highest BCUT2D eigenvalue weighted by atomic mass is 16.2. The zero-order valence-electron chi connectivity index (χ0n) is 10.4. The molecule has 0 atom stereocenters. The van der Waals surface area contributed by atoms with Crippen molar-refractivity contribution in [3.05, 3.63) is 0 Å². The predicted octanol–water partition coefficient (Wildman–Crippen LogP) is -0.201. The predicted molar refractivity (Wildman–Crippen MR) is 61.5 cm³/mol. The van der Waals surface area contributed by atoms with Crippen LogP contribution in [0.1, 0.15) is 40.5 Å². The van der Waals surface area contributed by atoms with Gasteiger partial charge in [0.15, 0.2) is 0 Å². The zero-order valence-corrected chi connectivity index (χ0v) is 10.4. The molecule has 6 N–H and O–H groups in total. The molecule has 16 heavy (non-hydrogen) atoms. The molecule has 0 aliphatic heterocycles. The van der Waals surface area contributed by atoms with Gasteiger partial charge in [0.2, 0.25) is 11.8 Å². The summed E-state index contributed by atoms with van der Waals surface area (Å²) in [5, 5.41) is 0. The number of rotatable bonds is 5. The quantitative estimate of drug-likeness (QED) is 0.298. The summed E-state index contributed by atoms with van der Waals surface area (Å²) in [6.07, 6.45) is 0.835. The van der Waals surface area contributed by atoms with Crippen molar-refractivity contribution in [2.45, 2.75) is 40.5 Å². The summed E-state index contributed by atoms with van der Waals surface area (Å²) in [5.41, 5.74) is 3.20. The van der Waals surface area contributed by atoms with Gasteiger partial charge in [0.05, 0.1) is 0 Å². The fourth-order valence-electron chi connectivity index (χ4n) is 1.30. The van der Waals surface area contributed by atoms with Crippen LogP contribution in [-0.2, 0) is 9.59 Å². The Balaban J connectivity index is 4.64. The lowest BCUT2D eigenvalue weighted by molar-refractivity contribution is -0.137. The maximum absolute atomic E-state index is 11.6. The van der Waals surface area contributed by atoms with E-state index in [1.807, 2.05) is 13.8 Å². The van der Waals surface area contributed by atoms with Crippen molar-refractivity contribution in [2.24, 2.45) is 22.5 Å². The summed E-state index contributed by atoms with van der Waals surface area (Å²) in [5.74, 6) is 9.65. The third kappa shape index (κ3) is 3.18. The highest BCUT2D eigenvalue weighted by Crippen LogP contribution is 2.42. The fourth-order valence-corrected chi connectivity index (χ4v) is 1.30. The normalized spacial score (nSPS) is 12.1. The molecule has 0 aromatic rings. The Bertz CT molecular complexity index is 274. The number of hydrazine groups is 2. The standard InChI is InChI=1S/C10H22N4O2/c1-9(2,6-5-7(15)13-11)10(3,4)8(16)14-12/h5-6,11-12H2,1-4H3,(H,13,15)(H,14,16). The summed E-state index contributed by atoms with van der Waals surface area (Å²) < 4.78 is 0. The van der Waals surface area contributed by atoms with E-state index in [0.29, 0.717) is 6.42 Å². The Labute approximate surface area is 96.1 Å². The van der Waals surface area contributed by atoms with Gasteiger partial charge in [-0.15, -0.1) is 0 Å². The first-order valence-corrected chi connectivity index (χ1v) is 5.19. The van der Waals surface area contributed by atoms with Gasteiger partial charge in [-0.25, -0.2) is 11.7 Å². The van der Waals surface area contributed by atoms with Crippen LogP contribution in [0.3, 0.4) is 0 Å². The molecule has 0 rings (SSSR count). The van der Waals surface area contributed by atoms with E-state index in [1.165, 1.54) is 0 Å². The van der Waals surface area contributed by atoms with E-state index in [4.69, 9.17) is 11.7 Å². The topological polar surface area (TPSA) is 110 Å². The number of carbonyl (C=O) groups is 2. The second-order valence-electron chi connectivity index (χ2n) is 5.05. The molecule has 2 amide bonds. The van der Waals surface area contributed by atoms with E-state index in [9.17, 15) is 9.59 Å². The van der Waals surface area contributed by atoms with Crippen molar-refractivity contribution >= 4 is 11.8 Å². The lowest BCUT2D eigenvalue weighted by atomic mass is 9.65. The smallest absolute Gasteiger partial charge is 0.240 e. The zero-order chi connectivity index (χ0) is 13.0. The first-order valence-electron chi connectivity index (χ1n) is 5.19. The maximum atomic E-state index is 11.6. The van der Waals surface area contributed by atoms with Gasteiger partial charge in [0.25, 0.3) is 0 Å². The Morgan fingerprint density at radius 2 is 1.56 bits per heavy atom. The molecule has 0 aliphatic rings. The lowest BCUT2D eigenvalue weighted by Crippen LogP contribution is -2.49. The molecule has 0 bridgehead atoms. The monoisotopic (exact) mass is 230 g/mol. The minimum atomic E-state index is -0.656. The average Bonchev–Trinajstić information content (AvgIpc) is 2.24. The molecule has 6 nitrogen and oxygen atoms in total. The van der Waals surface area contributed by atoms with Gasteiger partial charge >= 0.3 is 0 Å². The molecule has 6 heteroatoms. The molecular weight excluding hydrogens is 208 g/mol. The molecule has 0 fully saturated rings. The number of hydrogen-bond acceptors (Lipinski definition) is 4. The van der Waals surface area contributed by atoms with Crippen molar-refractivity contribution in [1.82, 2.24) is 10.9 Å². The van der Waals surface area contributed by atoms with Crippen LogP contribution in [-0.4, -0.2) is 11.8 Å². The van der Waals surface area contributed by atoms with Crippen molar-refractivity contribution in [3.8, 4) is 0 Å². The van der Waals surface area contributed by atoms with Crippen LogP contribution in [0.2, 0.25) is 0 Å². The van der Waals surface area contributed by atoms with Crippen LogP contribution < -0.4 is 22.5 Å². The molecule has 0 saturated carbocycles. The average molecular weight is 230 g/mol. The van der Waals surface area contributed by atoms with Gasteiger partial charge in [-0.3, -0.25) is 20.4 Å². The second-order valence-corrected chi connectivity index (χ2v) is 5.05. The Kier molecular flexibility index (Phi) is 4.89. The first kappa shape index (κ1) is 14.9. The number of nitrogens with one attached hydrogen (secondary N) is 2. The lowest BCUT2D eigenvalue weighted by Gasteiger charge is -2.39. The van der Waals surface area contributed by atoms with E-state index >= 15 is 0 Å². The van der Waals surface area contributed by atoms with Gasteiger partial charge in [0, 0.05) is 11.8 Å². The SMILES string of the molecule is CC(C)(CCC(=O)NN)C(C)(C)C(=O)NN. The summed E-state index contributed by atoms with van der Waals surface area (Å²) in [7, 11) is 0. The summed E-state index contributed by atoms with van der Waals surface area (Å²) in [6, 6.07) is 0. The van der Waals surface area contributed by atoms with Crippen LogP contribution in [0.5, 0.6) is 0 Å². The van der Waals surface area contributed by atoms with Crippen LogP contribution in [0, 0.1) is 10.8 Å². The Hall–Kier alpha value is -1.14. The fraction of sp³-hybridized carbons (Fsp3) is 0.800. The summed E-state index contributed by atoms with van der Waals surface area (Å²) in [4.78, 5) is 22.7. The van der Waals surface area contributed by atoms with E-state index < -0.39 is 5.41 Å². The summed E-state index contributed by atoms with van der Waals surface area (Å²) >= 11 is 0. The third-order valence-electron chi connectivity index (χ3n) is 3.53. The van der Waals surface area contributed by atoms with Crippen molar-refractivity contribution in [2.75, 3.05) is 0 Å². The van der Waals surface area contributed by atoms with E-state index in [0.717, 1.165) is 0 Å². The molecule has 0 radical (unpaired) electrons. The molecule has 0 heterocycles. The Morgan fingerprint density at radius 3 is 1.94 bits per heavy atom. The van der Waals surface area contributed by atoms with Gasteiger partial charge in [0.1, 0.15) is 0 Å². The second kappa shape index (κ2) is 5.27. The summed E-state index contributed by atoms with van der Waals surface area (Å²) in [6.45, 7) is 7.45. The number of nitrogens with two attached hydrogens (primary N) is 2. The first-order chi connectivity index (χ1) is 7.19. The molecule has 0 unspecified atom stereocenters. The number of hydrogen-bond donors (Lipinski definition) is 4. The van der Waals surface area contributed by atoms with Crippen LogP contribution >= 0.6 is 0 Å². The minimum Gasteiger partial charge on any atom is -0.294 e. The van der Waals surface area contributed by atoms with Crippen LogP contribution in [0.4, 0.5) is 0 Å². The maximum Gasteiger partial charge on any atom is 0.240 e. The van der Waals surface area contributed by atoms with E-state index in [2.05, 4.69) is 10.9 Å². The number of carbonyl (C=O) groups excluding carboxylic acids is 2. The van der Waals surface area contributed by atoms with E-state index in [-0.39, 0.29) is 23.7 Å². The largest absolute Gasteiger partial charge is 0.294 e. The molecule has 0 spiro atoms. The van der Waals surface area contributed by atoms with Crippen LogP contribution in [0.15, 0.2) is 0 Å². The van der Waals surface area contributed by atoms with Crippen LogP contribution in [0.25, 0.3) is 0 Å². The van der Waals surface area contributed by atoms with Crippen molar-refractivity contribution in [3.63, 3.8) is 0 Å². The minimum absolute atomic E-state index is 0.239. The Morgan fingerprint density at radius 1 is 1.06 bits per heavy atom. The van der Waals surface area contributed by atoms with Crippen molar-refractivity contribution < 1.29 is 9.59 Å². The van der Waals surface area contributed by atoms with Crippen molar-refractivity contribution in [1.29, 1.82) is 0 Å². The van der Waals surface area contributed by atoms with E-state index in [1.54, 1.807) is 13.8 Å². The van der Waals surface area contributed by atoms with Gasteiger partial charge in [-0.2, -0.15) is 0 Å². The van der Waals surface area contributed by atoms with Gasteiger partial charge < -0.3 is 0 Å². The highest BCUT2D eigenvalue weighted by molar-refractivity contribution is 5.82. The third-order valence-corrected chi connectivity index (χ3v) is 3.53. The molecule has 0 aromatic carbocycles. The molecular formula is C10H22N4O2. The molecule has 0 saturated heterocycles. The molecule has 94 valence electrons. The van der Waals surface area contributed by atoms with Gasteiger partial charge in [-0.1, -0.05) is 27.7 Å². The molecule has 0 aliphatic carbocycles. The van der Waals surface area contributed by atoms with Gasteiger partial charge in [-0.05, 0) is 11.8 Å². The highest BCUT2D eigenvalue weighted by Gasteiger charge is 2.42.